The summed E-state index contributed by atoms with van der Waals surface area (Å²) in [7, 11) is 3.62. The molecule has 0 spiro atoms. The van der Waals surface area contributed by atoms with Gasteiger partial charge in [-0.2, -0.15) is 0 Å². The normalized spacial score (nSPS) is 21.2. The van der Waals surface area contributed by atoms with Crippen LogP contribution in [0, 0.1) is 11.8 Å². The molecule has 5 aromatic rings. The molecule has 1 aliphatic heterocycles. The Bertz CT molecular complexity index is 2040. The predicted molar refractivity (Wildman–Crippen MR) is 179 cm³/mol. The molecule has 8 rings (SSSR count). The number of imidazole rings is 1. The van der Waals surface area contributed by atoms with Crippen molar-refractivity contribution >= 4 is 33.9 Å². The number of pyridine rings is 1. The lowest BCUT2D eigenvalue weighted by Gasteiger charge is -2.27. The van der Waals surface area contributed by atoms with Crippen molar-refractivity contribution in [3.8, 4) is 28.5 Å². The van der Waals surface area contributed by atoms with Crippen LogP contribution in [0.1, 0.15) is 41.6 Å². The molecule has 4 atom stereocenters. The first kappa shape index (κ1) is 29.6. The molecule has 0 radical (unpaired) electrons. The SMILES string of the molecule is COc1cc(C(=O)N2C[C@H]3CC[C@@H]2[C@@H]3N)cc2nc(-c3cc4ccc(-c5ccc(CC(N)C(=O)O)cc5)nc4n3CC3CC3)n(C)c12. The van der Waals surface area contributed by atoms with Crippen LogP contribution in [0.25, 0.3) is 44.8 Å². The number of aryl methyl sites for hydroxylation is 1. The Morgan fingerprint density at radius 1 is 1.04 bits per heavy atom. The Labute approximate surface area is 272 Å². The van der Waals surface area contributed by atoms with Gasteiger partial charge in [0.25, 0.3) is 5.91 Å². The third-order valence-electron chi connectivity index (χ3n) is 10.4. The molecular formula is C36H39N7O4. The molecule has 2 saturated carbocycles. The van der Waals surface area contributed by atoms with E-state index >= 15 is 0 Å². The van der Waals surface area contributed by atoms with E-state index < -0.39 is 12.0 Å². The van der Waals surface area contributed by atoms with Gasteiger partial charge in [0.2, 0.25) is 0 Å². The Morgan fingerprint density at radius 2 is 1.83 bits per heavy atom. The number of piperidine rings is 1. The summed E-state index contributed by atoms with van der Waals surface area (Å²) in [6.07, 6.45) is 4.67. The molecule has 4 heterocycles. The number of carbonyl (C=O) groups excluding carboxylic acids is 1. The van der Waals surface area contributed by atoms with E-state index in [2.05, 4.69) is 21.3 Å². The molecular weight excluding hydrogens is 594 g/mol. The van der Waals surface area contributed by atoms with Gasteiger partial charge in [-0.25, -0.2) is 9.97 Å². The van der Waals surface area contributed by atoms with E-state index in [0.717, 1.165) is 64.3 Å². The van der Waals surface area contributed by atoms with Crippen LogP contribution in [0.4, 0.5) is 0 Å². The molecule has 2 aromatic carbocycles. The quantitative estimate of drug-likeness (QED) is 0.218. The number of carboxylic acids is 1. The number of fused-ring (bicyclic) bond motifs is 4. The Balaban J connectivity index is 1.18. The maximum atomic E-state index is 13.7. The van der Waals surface area contributed by atoms with Gasteiger partial charge >= 0.3 is 5.97 Å². The number of carboxylic acid groups (broad SMARTS) is 1. The van der Waals surface area contributed by atoms with Gasteiger partial charge in [-0.05, 0) is 79.8 Å². The monoisotopic (exact) mass is 633 g/mol. The summed E-state index contributed by atoms with van der Waals surface area (Å²) >= 11 is 0. The van der Waals surface area contributed by atoms with Crippen LogP contribution in [0.3, 0.4) is 0 Å². The van der Waals surface area contributed by atoms with E-state index in [0.29, 0.717) is 35.2 Å². The van der Waals surface area contributed by atoms with Gasteiger partial charge in [-0.3, -0.25) is 9.59 Å². The second-order valence-corrected chi connectivity index (χ2v) is 13.5. The highest BCUT2D eigenvalue weighted by atomic mass is 16.5. The first-order valence-corrected chi connectivity index (χ1v) is 16.4. The second kappa shape index (κ2) is 11.2. The third-order valence-corrected chi connectivity index (χ3v) is 10.4. The molecule has 3 aromatic heterocycles. The van der Waals surface area contributed by atoms with Crippen LogP contribution >= 0.6 is 0 Å². The minimum Gasteiger partial charge on any atom is -0.494 e. The highest BCUT2D eigenvalue weighted by molar-refractivity contribution is 6.00. The first-order valence-electron chi connectivity index (χ1n) is 16.4. The third kappa shape index (κ3) is 5.05. The fraction of sp³-hybridized carbons (Fsp3) is 0.389. The summed E-state index contributed by atoms with van der Waals surface area (Å²) in [5.41, 5.74) is 18.7. The number of methoxy groups -OCH3 is 1. The molecule has 11 nitrogen and oxygen atoms in total. The minimum absolute atomic E-state index is 0.0163. The van der Waals surface area contributed by atoms with Gasteiger partial charge in [0.1, 0.15) is 23.0 Å². The van der Waals surface area contributed by atoms with Crippen molar-refractivity contribution in [1.29, 1.82) is 0 Å². The van der Waals surface area contributed by atoms with Gasteiger partial charge < -0.3 is 35.3 Å². The largest absolute Gasteiger partial charge is 0.494 e. The number of benzene rings is 2. The minimum atomic E-state index is -1.01. The van der Waals surface area contributed by atoms with E-state index in [-0.39, 0.29) is 24.4 Å². The summed E-state index contributed by atoms with van der Waals surface area (Å²) in [5, 5.41) is 10.2. The zero-order chi connectivity index (χ0) is 32.6. The molecule has 242 valence electrons. The first-order chi connectivity index (χ1) is 22.7. The molecule has 11 heteroatoms. The molecule has 2 bridgehead atoms. The van der Waals surface area contributed by atoms with E-state index in [1.807, 2.05) is 54.4 Å². The molecule has 47 heavy (non-hydrogen) atoms. The number of likely N-dealkylation sites (tertiary alicyclic amines) is 1. The van der Waals surface area contributed by atoms with Crippen molar-refractivity contribution in [1.82, 2.24) is 24.0 Å². The van der Waals surface area contributed by atoms with E-state index in [4.69, 9.17) is 26.2 Å². The molecule has 2 aliphatic carbocycles. The number of hydrogen-bond acceptors (Lipinski definition) is 7. The van der Waals surface area contributed by atoms with Gasteiger partial charge in [0.15, 0.2) is 5.82 Å². The van der Waals surface area contributed by atoms with Crippen molar-refractivity contribution in [2.24, 2.45) is 30.4 Å². The summed E-state index contributed by atoms with van der Waals surface area (Å²) in [6.45, 7) is 1.54. The van der Waals surface area contributed by atoms with Crippen molar-refractivity contribution < 1.29 is 19.4 Å². The van der Waals surface area contributed by atoms with Crippen molar-refractivity contribution in [2.75, 3.05) is 13.7 Å². The fourth-order valence-electron chi connectivity index (χ4n) is 7.64. The van der Waals surface area contributed by atoms with Crippen molar-refractivity contribution in [3.63, 3.8) is 0 Å². The van der Waals surface area contributed by atoms with Crippen LogP contribution in [0.15, 0.2) is 54.6 Å². The number of rotatable bonds is 9. The van der Waals surface area contributed by atoms with E-state index in [9.17, 15) is 14.7 Å². The average Bonchev–Trinajstić information content (AvgIpc) is 3.48. The standard InChI is InChI=1S/C36H39N7O4/c1-41-32-27(14-24(16-30(32)47-2)35(44)43-18-23-10-12-28(43)31(23)38)40-34(41)29-15-22-9-11-26(39-33(22)42(29)17-20-3-4-20)21-7-5-19(6-8-21)13-25(37)36(45)46/h5-9,11,14-16,20,23,25,28,31H,3-4,10,12-13,17-18,37-38H2,1-2H3,(H,45,46)/t23-,25?,28-,31-/m1/s1. The lowest BCUT2D eigenvalue weighted by atomic mass is 10.0. The summed E-state index contributed by atoms with van der Waals surface area (Å²) in [4.78, 5) is 37.1. The molecule has 5 N–H and O–H groups in total. The van der Waals surface area contributed by atoms with Gasteiger partial charge in [0.05, 0.1) is 24.0 Å². The van der Waals surface area contributed by atoms with Gasteiger partial charge in [-0.1, -0.05) is 24.3 Å². The van der Waals surface area contributed by atoms with Crippen molar-refractivity contribution in [3.05, 3.63) is 65.7 Å². The molecule has 1 unspecified atom stereocenters. The summed E-state index contributed by atoms with van der Waals surface area (Å²) in [6, 6.07) is 16.9. The number of aromatic nitrogens is 4. The van der Waals surface area contributed by atoms with Gasteiger partial charge in [-0.15, -0.1) is 0 Å². The number of amides is 1. The summed E-state index contributed by atoms with van der Waals surface area (Å²) < 4.78 is 10.2. The predicted octanol–water partition coefficient (Wildman–Crippen LogP) is 4.19. The Morgan fingerprint density at radius 3 is 2.49 bits per heavy atom. The molecule has 3 fully saturated rings. The highest BCUT2D eigenvalue weighted by Gasteiger charge is 2.47. The second-order valence-electron chi connectivity index (χ2n) is 13.5. The van der Waals surface area contributed by atoms with Gasteiger partial charge in [0, 0.05) is 48.7 Å². The molecule has 3 aliphatic rings. The zero-order valence-corrected chi connectivity index (χ0v) is 26.6. The van der Waals surface area contributed by atoms with E-state index in [1.165, 1.54) is 12.8 Å². The number of nitrogens with zero attached hydrogens (tertiary/aromatic N) is 5. The van der Waals surface area contributed by atoms with E-state index in [1.54, 1.807) is 7.11 Å². The lowest BCUT2D eigenvalue weighted by molar-refractivity contribution is -0.138. The lowest BCUT2D eigenvalue weighted by Crippen LogP contribution is -2.41. The van der Waals surface area contributed by atoms with Crippen molar-refractivity contribution in [2.45, 2.75) is 56.8 Å². The maximum Gasteiger partial charge on any atom is 0.320 e. The number of hydrogen-bond donors (Lipinski definition) is 3. The number of carbonyl (C=O) groups is 2. The number of aliphatic carboxylic acids is 1. The van der Waals surface area contributed by atoms with Crippen LogP contribution in [0.5, 0.6) is 5.75 Å². The Hall–Kier alpha value is -4.74. The highest BCUT2D eigenvalue weighted by Crippen LogP contribution is 2.40. The van der Waals surface area contributed by atoms with Crippen LogP contribution in [0.2, 0.25) is 0 Å². The maximum absolute atomic E-state index is 13.7. The smallest absolute Gasteiger partial charge is 0.320 e. The zero-order valence-electron chi connectivity index (χ0n) is 26.6. The molecule has 1 saturated heterocycles. The van der Waals surface area contributed by atoms with Crippen LogP contribution in [-0.4, -0.2) is 72.8 Å². The molecule has 1 amide bonds. The topological polar surface area (TPSA) is 155 Å². The number of ether oxygens (including phenoxy) is 1. The number of nitrogens with two attached hydrogens (primary N) is 2. The van der Waals surface area contributed by atoms with Crippen LogP contribution in [-0.2, 0) is 24.8 Å². The summed E-state index contributed by atoms with van der Waals surface area (Å²) in [5.74, 6) is 1.32. The fourth-order valence-corrected chi connectivity index (χ4v) is 7.64. The van der Waals surface area contributed by atoms with Crippen LogP contribution < -0.4 is 16.2 Å². The average molecular weight is 634 g/mol. The Kier molecular flexibility index (Phi) is 7.07.